The molecule has 21 heteroatoms. The van der Waals surface area contributed by atoms with Crippen LogP contribution in [0.2, 0.25) is 0 Å². The molecular formula is C63H67Cl2N9O10. The number of anilines is 3. The SMILES string of the molecule is CN1CCN(C(=O)Oc2cc3c(c4ccccc24)[C@H](CCl)CN3C(=O)/C=C\c2ccc(/C=C\C(=O)N3C[C@@H](CCl)c4c3cc(OC(=O)N3CCN(C)CC3)c3ccccc43)c(NC(=O)CCNC(=O)CCCCCN3C(=O)C=CC3=O)c2)CC1. The fraction of sp³-hybridized carbons (Fsp3) is 0.365. The first-order valence-electron chi connectivity index (χ1n) is 28.4. The lowest BCUT2D eigenvalue weighted by atomic mass is 9.95. The van der Waals surface area contributed by atoms with Crippen LogP contribution in [-0.4, -0.2) is 177 Å². The van der Waals surface area contributed by atoms with Crippen LogP contribution in [0, 0.1) is 0 Å². The Morgan fingerprint density at radius 2 is 1.08 bits per heavy atom. The van der Waals surface area contributed by atoms with Crippen LogP contribution in [0.15, 0.2) is 103 Å². The van der Waals surface area contributed by atoms with Gasteiger partial charge < -0.3 is 49.5 Å². The first-order chi connectivity index (χ1) is 40.7. The number of fused-ring (bicyclic) bond motifs is 6. The van der Waals surface area contributed by atoms with E-state index in [9.17, 15) is 38.4 Å². The minimum atomic E-state index is -0.472. The quantitative estimate of drug-likeness (QED) is 0.0369. The third kappa shape index (κ3) is 13.3. The summed E-state index contributed by atoms with van der Waals surface area (Å²) in [7, 11) is 4.01. The molecule has 0 unspecified atom stereocenters. The molecule has 2 fully saturated rings. The molecule has 19 nitrogen and oxygen atoms in total. The van der Waals surface area contributed by atoms with Gasteiger partial charge in [0.15, 0.2) is 0 Å². The van der Waals surface area contributed by atoms with Crippen molar-refractivity contribution in [3.8, 4) is 11.5 Å². The van der Waals surface area contributed by atoms with Gasteiger partial charge in [0, 0.05) is 168 Å². The van der Waals surface area contributed by atoms with Gasteiger partial charge in [-0.05, 0) is 78.2 Å². The summed E-state index contributed by atoms with van der Waals surface area (Å²) >= 11 is 13.2. The van der Waals surface area contributed by atoms with Crippen LogP contribution in [0.1, 0.15) is 66.2 Å². The largest absolute Gasteiger partial charge is 0.415 e. The van der Waals surface area contributed by atoms with Crippen LogP contribution < -0.4 is 29.9 Å². The summed E-state index contributed by atoms with van der Waals surface area (Å²) in [6.45, 7) is 5.83. The van der Waals surface area contributed by atoms with Crippen molar-refractivity contribution in [3.05, 3.63) is 125 Å². The van der Waals surface area contributed by atoms with Crippen molar-refractivity contribution >= 4 is 122 Å². The molecule has 0 spiro atoms. The highest BCUT2D eigenvalue weighted by atomic mass is 35.5. The van der Waals surface area contributed by atoms with Crippen LogP contribution in [0.4, 0.5) is 26.7 Å². The summed E-state index contributed by atoms with van der Waals surface area (Å²) in [6.07, 6.45) is 9.42. The van der Waals surface area contributed by atoms with E-state index in [2.05, 4.69) is 20.4 Å². The molecular weight excluding hydrogens is 1110 g/mol. The van der Waals surface area contributed by atoms with Crippen molar-refractivity contribution in [2.24, 2.45) is 0 Å². The van der Waals surface area contributed by atoms with Crippen molar-refractivity contribution in [3.63, 3.8) is 0 Å². The number of nitrogens with zero attached hydrogens (tertiary/aromatic N) is 7. The maximum atomic E-state index is 14.5. The summed E-state index contributed by atoms with van der Waals surface area (Å²) < 4.78 is 12.2. The Bertz CT molecular complexity index is 3480. The second-order valence-corrected chi connectivity index (χ2v) is 22.4. The summed E-state index contributed by atoms with van der Waals surface area (Å²) in [4.78, 5) is 118. The number of hydrogen-bond acceptors (Lipinski definition) is 12. The Morgan fingerprint density at radius 3 is 1.60 bits per heavy atom. The first kappa shape index (κ1) is 59.1. The third-order valence-electron chi connectivity index (χ3n) is 16.1. The smallest absolute Gasteiger partial charge is 0.409 e. The van der Waals surface area contributed by atoms with E-state index < -0.39 is 18.1 Å². The van der Waals surface area contributed by atoms with Gasteiger partial charge in [-0.15, -0.1) is 23.2 Å². The number of rotatable bonds is 18. The molecule has 5 aromatic carbocycles. The molecule has 10 rings (SSSR count). The van der Waals surface area contributed by atoms with Gasteiger partial charge in [-0.2, -0.15) is 0 Å². The van der Waals surface area contributed by atoms with Crippen LogP contribution >= 0.6 is 23.2 Å². The molecule has 0 bridgehead atoms. The number of carbonyl (C=O) groups excluding carboxylic acids is 8. The molecule has 0 saturated carbocycles. The van der Waals surface area contributed by atoms with Gasteiger partial charge in [-0.3, -0.25) is 33.7 Å². The standard InChI is InChI=1S/C63H67Cl2N9O10/c1-68-26-30-70(31-27-68)62(81)83-52-35-50-60(47-12-7-5-10-45(47)52)43(37-64)39-73(50)58(79)19-16-41-15-17-42(49(34-41)67-55(76)23-24-66-54(75)14-4-3-9-25-72-56(77)21-22-57(72)78)18-20-59(80)74-40-44(38-65)61-48-13-8-6-11-46(48)53(36-51(61)74)84-63(82)71-32-28-69(2)29-33-71/h5-8,10-13,15-22,34-36,43-44H,3-4,9,14,23-33,37-40H2,1-2H3,(H,66,75)(H,67,76)/b19-16-,20-18-/t43-,44-/m1/s1. The number of piperazine rings is 2. The predicted octanol–water partition coefficient (Wildman–Crippen LogP) is 8.18. The minimum Gasteiger partial charge on any atom is -0.409 e. The Labute approximate surface area is 497 Å². The summed E-state index contributed by atoms with van der Waals surface area (Å²) in [6, 6.07) is 23.9. The molecule has 2 atom stereocenters. The molecule has 2 N–H and O–H groups in total. The van der Waals surface area contributed by atoms with Crippen molar-refractivity contribution < 1.29 is 47.8 Å². The normalized spacial score (nSPS) is 18.2. The number of imide groups is 1. The van der Waals surface area contributed by atoms with E-state index in [1.807, 2.05) is 62.6 Å². The van der Waals surface area contributed by atoms with Gasteiger partial charge >= 0.3 is 12.2 Å². The fourth-order valence-corrected chi connectivity index (χ4v) is 11.9. The highest BCUT2D eigenvalue weighted by Crippen LogP contribution is 2.47. The number of hydrogen-bond donors (Lipinski definition) is 2. The van der Waals surface area contributed by atoms with Gasteiger partial charge in [0.05, 0.1) is 11.4 Å². The maximum Gasteiger partial charge on any atom is 0.415 e. The topological polar surface area (TPSA) is 202 Å². The maximum absolute atomic E-state index is 14.5. The van der Waals surface area contributed by atoms with Crippen molar-refractivity contribution in [1.82, 2.24) is 29.8 Å². The molecule has 0 aromatic heterocycles. The Balaban J connectivity index is 0.877. The van der Waals surface area contributed by atoms with E-state index in [4.69, 9.17) is 32.7 Å². The Hall–Kier alpha value is -8.10. The number of carbonyl (C=O) groups is 8. The van der Waals surface area contributed by atoms with E-state index in [1.54, 1.807) is 62.1 Å². The number of benzene rings is 5. The molecule has 5 aliphatic rings. The average molecular weight is 1180 g/mol. The molecule has 8 amide bonds. The lowest BCUT2D eigenvalue weighted by Crippen LogP contribution is -2.48. The second-order valence-electron chi connectivity index (χ2n) is 21.8. The van der Waals surface area contributed by atoms with E-state index >= 15 is 0 Å². The summed E-state index contributed by atoms with van der Waals surface area (Å²) in [5, 5.41) is 8.86. The zero-order valence-corrected chi connectivity index (χ0v) is 48.5. The third-order valence-corrected chi connectivity index (χ3v) is 16.9. The number of likely N-dealkylation sites (N-methyl/N-ethyl adjacent to an activating group) is 2. The first-order valence-corrected chi connectivity index (χ1v) is 29.5. The summed E-state index contributed by atoms with van der Waals surface area (Å²) in [5.41, 5.74) is 4.24. The van der Waals surface area contributed by atoms with Crippen molar-refractivity contribution in [2.75, 3.05) is 120 Å². The predicted molar refractivity (Wildman–Crippen MR) is 325 cm³/mol. The van der Waals surface area contributed by atoms with Gasteiger partial charge in [0.2, 0.25) is 11.8 Å². The van der Waals surface area contributed by atoms with Crippen LogP contribution in [0.5, 0.6) is 11.5 Å². The lowest BCUT2D eigenvalue weighted by Gasteiger charge is -2.31. The second kappa shape index (κ2) is 26.6. The zero-order chi connectivity index (χ0) is 59.0. The number of alkyl halides is 2. The molecule has 438 valence electrons. The molecule has 5 heterocycles. The van der Waals surface area contributed by atoms with Crippen LogP contribution in [0.25, 0.3) is 33.7 Å². The number of unbranched alkanes of at least 4 members (excludes halogenated alkanes) is 2. The Kier molecular flexibility index (Phi) is 18.7. The number of ether oxygens (including phenoxy) is 2. The molecule has 5 aromatic rings. The molecule has 0 radical (unpaired) electrons. The summed E-state index contributed by atoms with van der Waals surface area (Å²) in [5.74, 6) is -1.42. The van der Waals surface area contributed by atoms with Crippen molar-refractivity contribution in [2.45, 2.75) is 43.9 Å². The van der Waals surface area contributed by atoms with E-state index in [-0.39, 0.29) is 92.2 Å². The molecule has 0 aliphatic carbocycles. The van der Waals surface area contributed by atoms with Gasteiger partial charge in [-0.25, -0.2) is 9.59 Å². The van der Waals surface area contributed by atoms with E-state index in [0.717, 1.165) is 58.9 Å². The van der Waals surface area contributed by atoms with Gasteiger partial charge in [0.25, 0.3) is 23.6 Å². The van der Waals surface area contributed by atoms with Crippen molar-refractivity contribution in [1.29, 1.82) is 0 Å². The van der Waals surface area contributed by atoms with Crippen LogP contribution in [-0.2, 0) is 28.8 Å². The van der Waals surface area contributed by atoms with Crippen LogP contribution in [0.3, 0.4) is 0 Å². The number of nitrogens with one attached hydrogen (secondary N) is 2. The monoisotopic (exact) mass is 1180 g/mol. The fourth-order valence-electron chi connectivity index (χ4n) is 11.4. The van der Waals surface area contributed by atoms with E-state index in [1.165, 1.54) is 29.2 Å². The minimum absolute atomic E-state index is 0.0367. The molecule has 5 aliphatic heterocycles. The lowest BCUT2D eigenvalue weighted by molar-refractivity contribution is -0.137. The number of halogens is 2. The average Bonchev–Trinajstić information content (AvgIpc) is 2.40. The number of amides is 8. The Morgan fingerprint density at radius 1 is 0.583 bits per heavy atom. The molecule has 84 heavy (non-hydrogen) atoms. The van der Waals surface area contributed by atoms with Gasteiger partial charge in [-0.1, -0.05) is 67.1 Å². The van der Waals surface area contributed by atoms with Gasteiger partial charge in [0.1, 0.15) is 11.5 Å². The highest BCUT2D eigenvalue weighted by Gasteiger charge is 2.37. The van der Waals surface area contributed by atoms with E-state index in [0.29, 0.717) is 85.1 Å². The molecule has 2 saturated heterocycles. The zero-order valence-electron chi connectivity index (χ0n) is 47.0. The highest BCUT2D eigenvalue weighted by molar-refractivity contribution is 6.20.